The Hall–Kier alpha value is -2.70. The van der Waals surface area contributed by atoms with Gasteiger partial charge in [0.25, 0.3) is 0 Å². The fourth-order valence-corrected chi connectivity index (χ4v) is 5.77. The van der Waals surface area contributed by atoms with E-state index in [0.717, 1.165) is 51.3 Å². The summed E-state index contributed by atoms with van der Waals surface area (Å²) in [5.74, 6) is -0.394. The highest BCUT2D eigenvalue weighted by atomic mass is 32.2. The van der Waals surface area contributed by atoms with Crippen molar-refractivity contribution in [2.45, 2.75) is 50.2 Å². The third-order valence-corrected chi connectivity index (χ3v) is 7.64. The number of halogens is 1. The van der Waals surface area contributed by atoms with Crippen molar-refractivity contribution in [2.24, 2.45) is 5.14 Å². The van der Waals surface area contributed by atoms with Crippen LogP contribution in [-0.2, 0) is 30.7 Å². The van der Waals surface area contributed by atoms with Gasteiger partial charge in [0.05, 0.1) is 12.0 Å². The minimum atomic E-state index is -0.243. The van der Waals surface area contributed by atoms with Crippen molar-refractivity contribution in [3.05, 3.63) is 81.5 Å². The van der Waals surface area contributed by atoms with E-state index < -0.39 is 0 Å². The highest BCUT2D eigenvalue weighted by molar-refractivity contribution is 7.97. The maximum Gasteiger partial charge on any atom is 0.229 e. The average molecular weight is 481 g/mol. The zero-order chi connectivity index (χ0) is 23.4. The minimum absolute atomic E-state index is 0.151. The third kappa shape index (κ3) is 5.45. The third-order valence-electron chi connectivity index (χ3n) is 5.92. The fourth-order valence-electron chi connectivity index (χ4n) is 4.23. The summed E-state index contributed by atoms with van der Waals surface area (Å²) in [7, 11) is 0. The largest absolute Gasteiger partial charge is 0.316 e. The number of thiophene rings is 1. The lowest BCUT2D eigenvalue weighted by molar-refractivity contribution is -0.115. The molecule has 4 rings (SSSR count). The summed E-state index contributed by atoms with van der Waals surface area (Å²) in [6.07, 6.45) is 1.99. The first kappa shape index (κ1) is 23.5. The molecule has 1 atom stereocenters. The molecule has 3 N–H and O–H groups in total. The number of amides is 1. The molecule has 2 heterocycles. The lowest BCUT2D eigenvalue weighted by atomic mass is 9.96. The van der Waals surface area contributed by atoms with E-state index in [2.05, 4.69) is 23.2 Å². The number of nitrogens with one attached hydrogen (secondary N) is 1. The van der Waals surface area contributed by atoms with E-state index in [1.165, 1.54) is 17.4 Å². The molecule has 0 bridgehead atoms. The van der Waals surface area contributed by atoms with Gasteiger partial charge in [0.15, 0.2) is 0 Å². The van der Waals surface area contributed by atoms with Crippen LogP contribution in [0.4, 0.5) is 9.39 Å². The maximum absolute atomic E-state index is 13.7. The summed E-state index contributed by atoms with van der Waals surface area (Å²) in [5.41, 5.74) is 3.32. The van der Waals surface area contributed by atoms with Crippen LogP contribution in [0.3, 0.4) is 0 Å². The second-order valence-corrected chi connectivity index (χ2v) is 9.92. The Kier molecular flexibility index (Phi) is 7.46. The van der Waals surface area contributed by atoms with Gasteiger partial charge in [-0.3, -0.25) is 14.8 Å². The molecule has 3 aromatic rings. The van der Waals surface area contributed by atoms with Crippen LogP contribution in [0.25, 0.3) is 0 Å². The van der Waals surface area contributed by atoms with E-state index in [1.807, 2.05) is 30.3 Å². The van der Waals surface area contributed by atoms with E-state index in [1.54, 1.807) is 12.1 Å². The number of anilines is 1. The second-order valence-electron chi connectivity index (χ2n) is 8.11. The number of hydrogen-bond donors (Lipinski definition) is 2. The van der Waals surface area contributed by atoms with Gasteiger partial charge in [-0.05, 0) is 60.2 Å². The topological polar surface area (TPSA) is 82.1 Å². The van der Waals surface area contributed by atoms with Gasteiger partial charge in [0.1, 0.15) is 16.9 Å². The van der Waals surface area contributed by atoms with Crippen molar-refractivity contribution < 1.29 is 9.18 Å². The summed E-state index contributed by atoms with van der Waals surface area (Å²) in [6, 6.07) is 16.8. The first-order valence-corrected chi connectivity index (χ1v) is 12.5. The van der Waals surface area contributed by atoms with Crippen LogP contribution in [0.2, 0.25) is 0 Å². The van der Waals surface area contributed by atoms with Gasteiger partial charge >= 0.3 is 0 Å². The summed E-state index contributed by atoms with van der Waals surface area (Å²) in [5, 5.41) is 19.0. The summed E-state index contributed by atoms with van der Waals surface area (Å²) in [6.45, 7) is 3.37. The van der Waals surface area contributed by atoms with Gasteiger partial charge in [0.2, 0.25) is 5.91 Å². The molecule has 33 heavy (non-hydrogen) atoms. The molecule has 1 unspecified atom stereocenters. The zero-order valence-electron chi connectivity index (χ0n) is 18.3. The normalized spacial score (nSPS) is 15.6. The molecule has 0 fully saturated rings. The molecule has 0 saturated carbocycles. The lowest BCUT2D eigenvalue weighted by Gasteiger charge is -2.35. The summed E-state index contributed by atoms with van der Waals surface area (Å²) in [4.78, 5) is 17.1. The van der Waals surface area contributed by atoms with Gasteiger partial charge in [-0.15, -0.1) is 11.3 Å². The Labute approximate surface area is 201 Å². The number of carbonyl (C=O) groups is 1. The second kappa shape index (κ2) is 10.5. The molecule has 1 amide bonds. The van der Waals surface area contributed by atoms with E-state index in [-0.39, 0.29) is 18.1 Å². The number of rotatable bonds is 7. The van der Waals surface area contributed by atoms with Crippen molar-refractivity contribution in [1.29, 1.82) is 5.26 Å². The molecule has 8 heteroatoms. The van der Waals surface area contributed by atoms with Crippen molar-refractivity contribution in [2.75, 3.05) is 5.32 Å². The first-order valence-electron chi connectivity index (χ1n) is 10.8. The summed E-state index contributed by atoms with van der Waals surface area (Å²) >= 11 is 2.67. The molecule has 170 valence electrons. The van der Waals surface area contributed by atoms with Crippen LogP contribution in [0.5, 0.6) is 0 Å². The van der Waals surface area contributed by atoms with E-state index in [0.29, 0.717) is 29.7 Å². The summed E-state index contributed by atoms with van der Waals surface area (Å²) < 4.78 is 13.7. The molecule has 0 radical (unpaired) electrons. The Balaban J connectivity index is 1.51. The van der Waals surface area contributed by atoms with Crippen LogP contribution in [0, 0.1) is 17.1 Å². The fraction of sp³-hybridized carbons (Fsp3) is 0.280. The Morgan fingerprint density at radius 1 is 1.30 bits per heavy atom. The Morgan fingerprint density at radius 3 is 2.76 bits per heavy atom. The average Bonchev–Trinajstić information content (AvgIpc) is 3.14. The molecular weight excluding hydrogens is 455 g/mol. The highest BCUT2D eigenvalue weighted by Gasteiger charge is 2.30. The monoisotopic (exact) mass is 480 g/mol. The van der Waals surface area contributed by atoms with Crippen LogP contribution in [0.15, 0.2) is 53.4 Å². The van der Waals surface area contributed by atoms with Crippen molar-refractivity contribution in [1.82, 2.24) is 4.90 Å². The number of fused-ring (bicyclic) bond motifs is 1. The number of nitrogens with two attached hydrogens (primary N) is 1. The molecule has 0 spiro atoms. The lowest BCUT2D eigenvalue weighted by Crippen LogP contribution is -2.39. The van der Waals surface area contributed by atoms with E-state index >= 15 is 0 Å². The number of nitriles is 1. The molecule has 0 aliphatic carbocycles. The zero-order valence-corrected chi connectivity index (χ0v) is 19.9. The number of carbonyl (C=O) groups excluding carboxylic acids is 1. The molecule has 0 saturated heterocycles. The van der Waals surface area contributed by atoms with Crippen molar-refractivity contribution >= 4 is 34.2 Å². The van der Waals surface area contributed by atoms with Gasteiger partial charge in [-0.1, -0.05) is 31.2 Å². The Bertz CT molecular complexity index is 1190. The molecule has 1 aliphatic heterocycles. The first-order chi connectivity index (χ1) is 16.0. The van der Waals surface area contributed by atoms with Crippen LogP contribution in [0.1, 0.15) is 40.5 Å². The highest BCUT2D eigenvalue weighted by Crippen LogP contribution is 2.39. The predicted molar refractivity (Wildman–Crippen MR) is 131 cm³/mol. The van der Waals surface area contributed by atoms with Gasteiger partial charge in [-0.25, -0.2) is 4.39 Å². The molecule has 5 nitrogen and oxygen atoms in total. The number of hydrogen-bond acceptors (Lipinski definition) is 6. The Morgan fingerprint density at radius 2 is 2.09 bits per heavy atom. The smallest absolute Gasteiger partial charge is 0.229 e. The molecule has 1 aliphatic rings. The SMILES string of the molecule is CCC1Cc2sc(NC(=O)Cc3ccc(SN)cc3)c(C#N)c2CN1Cc1cccc(F)c1. The minimum Gasteiger partial charge on any atom is -0.316 e. The molecular formula is C25H25FN4OS2. The molecule has 1 aromatic heterocycles. The molecule has 2 aromatic carbocycles. The number of nitrogens with zero attached hydrogens (tertiary/aromatic N) is 2. The van der Waals surface area contributed by atoms with Gasteiger partial charge in [-0.2, -0.15) is 5.26 Å². The predicted octanol–water partition coefficient (Wildman–Crippen LogP) is 5.24. The van der Waals surface area contributed by atoms with E-state index in [9.17, 15) is 14.4 Å². The van der Waals surface area contributed by atoms with Gasteiger partial charge in [0, 0.05) is 34.5 Å². The van der Waals surface area contributed by atoms with Gasteiger partial charge < -0.3 is 5.32 Å². The van der Waals surface area contributed by atoms with Crippen LogP contribution in [-0.4, -0.2) is 16.8 Å². The van der Waals surface area contributed by atoms with Crippen LogP contribution < -0.4 is 10.5 Å². The number of benzene rings is 2. The van der Waals surface area contributed by atoms with Crippen LogP contribution >= 0.6 is 23.3 Å². The van der Waals surface area contributed by atoms with Crippen molar-refractivity contribution in [3.63, 3.8) is 0 Å². The standard InChI is InChI=1S/C25H25FN4OS2/c1-2-19-12-23-22(15-30(19)14-17-4-3-5-18(26)10-17)21(13-27)25(32-23)29-24(31)11-16-6-8-20(33-28)9-7-16/h3-10,19H,2,11-12,14-15,28H2,1H3,(H,29,31). The van der Waals surface area contributed by atoms with Crippen molar-refractivity contribution in [3.8, 4) is 6.07 Å². The van der Waals surface area contributed by atoms with E-state index in [4.69, 9.17) is 5.14 Å². The maximum atomic E-state index is 13.7. The quantitative estimate of drug-likeness (QED) is 0.452.